The molecule has 2 amide bonds. The van der Waals surface area contributed by atoms with Crippen LogP contribution in [-0.4, -0.2) is 43.7 Å². The number of anilines is 2. The highest BCUT2D eigenvalue weighted by Crippen LogP contribution is 2.25. The number of nitrogens with one attached hydrogen (secondary N) is 2. The van der Waals surface area contributed by atoms with E-state index in [-0.39, 0.29) is 27.7 Å². The number of nitrogens with zero attached hydrogens (tertiary/aromatic N) is 2. The standard InChI is InChI=1S/C22H20ClFN4O4S/c1-14-9-10-25-20(11-14)26-21(29)13-28(2)22(30)15-3-8-18(23)19(12-15)33(31,32)27-17-6-4-16(24)5-7-17/h3-12,27H,13H2,1-2H3,(H,25,26,29). The van der Waals surface area contributed by atoms with Gasteiger partial charge in [-0.1, -0.05) is 11.6 Å². The topological polar surface area (TPSA) is 108 Å². The van der Waals surface area contributed by atoms with Gasteiger partial charge < -0.3 is 10.2 Å². The van der Waals surface area contributed by atoms with Crippen LogP contribution in [0.3, 0.4) is 0 Å². The number of carbonyl (C=O) groups excluding carboxylic acids is 2. The summed E-state index contributed by atoms with van der Waals surface area (Å²) in [5.74, 6) is -1.22. The third-order valence-electron chi connectivity index (χ3n) is 4.47. The summed E-state index contributed by atoms with van der Waals surface area (Å²) in [6, 6.07) is 11.9. The fourth-order valence-corrected chi connectivity index (χ4v) is 4.45. The zero-order valence-corrected chi connectivity index (χ0v) is 19.2. The maximum absolute atomic E-state index is 13.1. The molecule has 2 aromatic carbocycles. The van der Waals surface area contributed by atoms with Crippen LogP contribution in [0.2, 0.25) is 5.02 Å². The number of pyridine rings is 1. The normalized spacial score (nSPS) is 11.0. The number of benzene rings is 2. The van der Waals surface area contributed by atoms with Crippen molar-refractivity contribution >= 4 is 44.9 Å². The van der Waals surface area contributed by atoms with Gasteiger partial charge in [0.1, 0.15) is 16.5 Å². The number of hydrogen-bond acceptors (Lipinski definition) is 5. The summed E-state index contributed by atoms with van der Waals surface area (Å²) in [6.45, 7) is 1.57. The van der Waals surface area contributed by atoms with Crippen molar-refractivity contribution < 1.29 is 22.4 Å². The number of sulfonamides is 1. The van der Waals surface area contributed by atoms with E-state index in [2.05, 4.69) is 15.0 Å². The van der Waals surface area contributed by atoms with Gasteiger partial charge in [0.25, 0.3) is 15.9 Å². The molecule has 1 aromatic heterocycles. The van der Waals surface area contributed by atoms with Crippen LogP contribution < -0.4 is 10.0 Å². The molecule has 172 valence electrons. The number of aromatic nitrogens is 1. The van der Waals surface area contributed by atoms with E-state index in [9.17, 15) is 22.4 Å². The lowest BCUT2D eigenvalue weighted by Crippen LogP contribution is -2.35. The van der Waals surface area contributed by atoms with Crippen LogP contribution in [0, 0.1) is 12.7 Å². The van der Waals surface area contributed by atoms with Crippen LogP contribution in [0.5, 0.6) is 0 Å². The minimum Gasteiger partial charge on any atom is -0.332 e. The van der Waals surface area contributed by atoms with Crippen molar-refractivity contribution in [3.05, 3.63) is 82.8 Å². The molecule has 0 spiro atoms. The molecule has 0 aliphatic carbocycles. The minimum absolute atomic E-state index is 0.0165. The number of rotatable bonds is 7. The number of amides is 2. The predicted molar refractivity (Wildman–Crippen MR) is 123 cm³/mol. The Morgan fingerprint density at radius 2 is 1.79 bits per heavy atom. The average molecular weight is 491 g/mol. The summed E-state index contributed by atoms with van der Waals surface area (Å²) in [6.07, 6.45) is 1.55. The maximum atomic E-state index is 13.1. The number of likely N-dealkylation sites (N-methyl/N-ethyl adjacent to an activating group) is 1. The summed E-state index contributed by atoms with van der Waals surface area (Å²) < 4.78 is 40.9. The van der Waals surface area contributed by atoms with Gasteiger partial charge in [0.2, 0.25) is 5.91 Å². The Kier molecular flexibility index (Phi) is 7.29. The van der Waals surface area contributed by atoms with Crippen molar-refractivity contribution in [1.82, 2.24) is 9.88 Å². The van der Waals surface area contributed by atoms with E-state index in [0.717, 1.165) is 28.7 Å². The van der Waals surface area contributed by atoms with Gasteiger partial charge in [-0.3, -0.25) is 14.3 Å². The second-order valence-corrected chi connectivity index (χ2v) is 9.24. The lowest BCUT2D eigenvalue weighted by molar-refractivity contribution is -0.116. The first-order valence-corrected chi connectivity index (χ1v) is 11.5. The van der Waals surface area contributed by atoms with Gasteiger partial charge in [-0.15, -0.1) is 0 Å². The number of halogens is 2. The molecule has 8 nitrogen and oxygen atoms in total. The zero-order valence-electron chi connectivity index (χ0n) is 17.7. The molecule has 0 bridgehead atoms. The van der Waals surface area contributed by atoms with E-state index in [0.29, 0.717) is 5.82 Å². The Bertz CT molecular complexity index is 1300. The highest BCUT2D eigenvalue weighted by atomic mass is 35.5. The molecule has 0 radical (unpaired) electrons. The van der Waals surface area contributed by atoms with Gasteiger partial charge in [0, 0.05) is 24.5 Å². The molecule has 0 fully saturated rings. The molecular weight excluding hydrogens is 471 g/mol. The molecule has 3 rings (SSSR count). The van der Waals surface area contributed by atoms with Crippen molar-refractivity contribution in [2.24, 2.45) is 0 Å². The molecule has 0 saturated heterocycles. The van der Waals surface area contributed by atoms with Gasteiger partial charge in [0.05, 0.1) is 11.6 Å². The molecule has 0 atom stereocenters. The van der Waals surface area contributed by atoms with Crippen LogP contribution >= 0.6 is 11.6 Å². The van der Waals surface area contributed by atoms with Crippen LogP contribution in [0.4, 0.5) is 15.9 Å². The summed E-state index contributed by atoms with van der Waals surface area (Å²) in [7, 11) is -2.76. The van der Waals surface area contributed by atoms with Crippen molar-refractivity contribution in [3.63, 3.8) is 0 Å². The van der Waals surface area contributed by atoms with Crippen molar-refractivity contribution in [1.29, 1.82) is 0 Å². The number of aryl methyl sites for hydroxylation is 1. The summed E-state index contributed by atoms with van der Waals surface area (Å²) in [5.41, 5.74) is 1.06. The SMILES string of the molecule is Cc1ccnc(NC(=O)CN(C)C(=O)c2ccc(Cl)c(S(=O)(=O)Nc3ccc(F)cc3)c2)c1. The molecule has 3 aromatic rings. The lowest BCUT2D eigenvalue weighted by atomic mass is 10.2. The summed E-state index contributed by atoms with van der Waals surface area (Å²) >= 11 is 6.07. The van der Waals surface area contributed by atoms with Crippen LogP contribution in [0.25, 0.3) is 0 Å². The molecule has 1 heterocycles. The number of carbonyl (C=O) groups is 2. The highest BCUT2D eigenvalue weighted by Gasteiger charge is 2.22. The largest absolute Gasteiger partial charge is 0.332 e. The Morgan fingerprint density at radius 3 is 2.45 bits per heavy atom. The Balaban J connectivity index is 1.75. The quantitative estimate of drug-likeness (QED) is 0.525. The first kappa shape index (κ1) is 24.1. The molecular formula is C22H20ClFN4O4S. The van der Waals surface area contributed by atoms with Crippen molar-refractivity contribution in [3.8, 4) is 0 Å². The fraction of sp³-hybridized carbons (Fsp3) is 0.136. The van der Waals surface area contributed by atoms with E-state index in [1.165, 1.54) is 31.3 Å². The smallest absolute Gasteiger partial charge is 0.263 e. The Morgan fingerprint density at radius 1 is 1.09 bits per heavy atom. The highest BCUT2D eigenvalue weighted by molar-refractivity contribution is 7.92. The molecule has 0 aliphatic heterocycles. The molecule has 2 N–H and O–H groups in total. The van der Waals surface area contributed by atoms with Gasteiger partial charge in [-0.2, -0.15) is 0 Å². The van der Waals surface area contributed by atoms with Gasteiger partial charge in [-0.05, 0) is 67.1 Å². The van der Waals surface area contributed by atoms with Crippen molar-refractivity contribution in [2.75, 3.05) is 23.6 Å². The van der Waals surface area contributed by atoms with E-state index in [1.54, 1.807) is 18.3 Å². The molecule has 11 heteroatoms. The van der Waals surface area contributed by atoms with Gasteiger partial charge in [0.15, 0.2) is 0 Å². The maximum Gasteiger partial charge on any atom is 0.263 e. The first-order chi connectivity index (χ1) is 15.5. The Labute approximate surface area is 195 Å². The van der Waals surface area contributed by atoms with E-state index in [4.69, 9.17) is 11.6 Å². The molecule has 0 unspecified atom stereocenters. The predicted octanol–water partition coefficient (Wildman–Crippen LogP) is 3.69. The van der Waals surface area contributed by atoms with Crippen LogP contribution in [0.1, 0.15) is 15.9 Å². The van der Waals surface area contributed by atoms with Gasteiger partial charge >= 0.3 is 0 Å². The van der Waals surface area contributed by atoms with Crippen LogP contribution in [-0.2, 0) is 14.8 Å². The molecule has 0 saturated carbocycles. The number of hydrogen-bond donors (Lipinski definition) is 2. The average Bonchev–Trinajstić information content (AvgIpc) is 2.74. The Hall–Kier alpha value is -3.50. The van der Waals surface area contributed by atoms with Crippen LogP contribution in [0.15, 0.2) is 65.7 Å². The van der Waals surface area contributed by atoms with Crippen molar-refractivity contribution in [2.45, 2.75) is 11.8 Å². The fourth-order valence-electron chi connectivity index (χ4n) is 2.86. The third kappa shape index (κ3) is 6.27. The second kappa shape index (κ2) is 9.97. The summed E-state index contributed by atoms with van der Waals surface area (Å²) in [4.78, 5) is 29.9. The van der Waals surface area contributed by atoms with E-state index < -0.39 is 27.7 Å². The first-order valence-electron chi connectivity index (χ1n) is 9.61. The molecule has 0 aliphatic rings. The second-order valence-electron chi connectivity index (χ2n) is 7.19. The van der Waals surface area contributed by atoms with E-state index >= 15 is 0 Å². The van der Waals surface area contributed by atoms with Gasteiger partial charge in [-0.25, -0.2) is 17.8 Å². The molecule has 33 heavy (non-hydrogen) atoms. The summed E-state index contributed by atoms with van der Waals surface area (Å²) in [5, 5.41) is 2.49. The minimum atomic E-state index is -4.17. The van der Waals surface area contributed by atoms with E-state index in [1.807, 2.05) is 6.92 Å². The zero-order chi connectivity index (χ0) is 24.2. The monoisotopic (exact) mass is 490 g/mol. The third-order valence-corrected chi connectivity index (χ3v) is 6.34. The lowest BCUT2D eigenvalue weighted by Gasteiger charge is -2.18.